The van der Waals surface area contributed by atoms with Crippen LogP contribution in [0.4, 0.5) is 4.79 Å². The minimum absolute atomic E-state index is 0.0459. The van der Waals surface area contributed by atoms with E-state index in [-0.39, 0.29) is 22.5 Å². The van der Waals surface area contributed by atoms with Gasteiger partial charge in [0.1, 0.15) is 0 Å². The van der Waals surface area contributed by atoms with Gasteiger partial charge in [0.05, 0.1) is 17.3 Å². The summed E-state index contributed by atoms with van der Waals surface area (Å²) in [5.41, 5.74) is 0.427. The molecule has 1 aromatic carbocycles. The molecule has 0 aromatic heterocycles. The van der Waals surface area contributed by atoms with Crippen molar-refractivity contribution in [2.75, 3.05) is 24.3 Å². The van der Waals surface area contributed by atoms with Crippen LogP contribution in [0.15, 0.2) is 30.3 Å². The molecule has 2 atom stereocenters. The Morgan fingerprint density at radius 2 is 1.96 bits per heavy atom. The Morgan fingerprint density at radius 3 is 2.54 bits per heavy atom. The van der Waals surface area contributed by atoms with Gasteiger partial charge in [-0.15, -0.1) is 11.8 Å². The largest absolute Gasteiger partial charge is 0.447 e. The molecule has 2 rings (SSSR count). The van der Waals surface area contributed by atoms with Crippen molar-refractivity contribution in [2.24, 2.45) is 0 Å². The predicted molar refractivity (Wildman–Crippen MR) is 97.4 cm³/mol. The summed E-state index contributed by atoms with van der Waals surface area (Å²) in [5.74, 6) is -1.32. The van der Waals surface area contributed by atoms with Gasteiger partial charge in [-0.25, -0.2) is 13.2 Å². The van der Waals surface area contributed by atoms with Gasteiger partial charge in [0.2, 0.25) is 6.10 Å². The Kier molecular flexibility index (Phi) is 7.04. The van der Waals surface area contributed by atoms with E-state index in [9.17, 15) is 22.8 Å². The average Bonchev–Trinajstić information content (AvgIpc) is 2.97. The SMILES string of the molecule is CNC(=O)NC(=O)[C@@H](OC(=O)CS[C@H]1CCS(=O)(=O)C1)c1ccccc1. The minimum Gasteiger partial charge on any atom is -0.447 e. The van der Waals surface area contributed by atoms with E-state index in [4.69, 9.17) is 4.74 Å². The second kappa shape index (κ2) is 9.04. The standard InChI is InChI=1S/C16H20N2O6S2/c1-17-16(21)18-15(20)14(11-5-3-2-4-6-11)24-13(19)9-25-12-7-8-26(22,23)10-12/h2-6,12,14H,7-10H2,1H3,(H2,17,18,20,21)/t12-,14-/m0/s1. The van der Waals surface area contributed by atoms with Gasteiger partial charge in [-0.2, -0.15) is 0 Å². The number of imide groups is 1. The molecular formula is C16H20N2O6S2. The molecule has 1 aliphatic rings. The second-order valence-corrected chi connectivity index (χ2v) is 9.20. The quantitative estimate of drug-likeness (QED) is 0.673. The Labute approximate surface area is 156 Å². The molecule has 0 spiro atoms. The first-order valence-corrected chi connectivity index (χ1v) is 10.8. The van der Waals surface area contributed by atoms with Crippen molar-refractivity contribution in [1.29, 1.82) is 0 Å². The maximum atomic E-state index is 12.3. The lowest BCUT2D eigenvalue weighted by atomic mass is 10.1. The van der Waals surface area contributed by atoms with E-state index < -0.39 is 33.8 Å². The highest BCUT2D eigenvalue weighted by Gasteiger charge is 2.30. The Hall–Kier alpha value is -2.07. The summed E-state index contributed by atoms with van der Waals surface area (Å²) in [6, 6.07) is 7.62. The first kappa shape index (κ1) is 20.2. The van der Waals surface area contributed by atoms with Gasteiger partial charge in [-0.3, -0.25) is 14.9 Å². The molecule has 26 heavy (non-hydrogen) atoms. The number of carbonyl (C=O) groups excluding carboxylic acids is 3. The Morgan fingerprint density at radius 1 is 1.27 bits per heavy atom. The number of esters is 1. The lowest BCUT2D eigenvalue weighted by Crippen LogP contribution is -2.41. The van der Waals surface area contributed by atoms with Crippen LogP contribution in [0, 0.1) is 0 Å². The van der Waals surface area contributed by atoms with Gasteiger partial charge in [0, 0.05) is 17.9 Å². The van der Waals surface area contributed by atoms with Crippen molar-refractivity contribution >= 4 is 39.5 Å². The summed E-state index contributed by atoms with van der Waals surface area (Å²) >= 11 is 1.20. The Bertz CT molecular complexity index is 766. The third-order valence-electron chi connectivity index (χ3n) is 3.68. The molecule has 0 aliphatic carbocycles. The maximum absolute atomic E-state index is 12.3. The lowest BCUT2D eigenvalue weighted by Gasteiger charge is -2.18. The first-order valence-electron chi connectivity index (χ1n) is 7.90. The van der Waals surface area contributed by atoms with Crippen LogP contribution in [-0.4, -0.2) is 55.9 Å². The predicted octanol–water partition coefficient (Wildman–Crippen LogP) is 0.647. The van der Waals surface area contributed by atoms with E-state index in [1.165, 1.54) is 18.8 Å². The number of thioether (sulfide) groups is 1. The van der Waals surface area contributed by atoms with Crippen LogP contribution in [-0.2, 0) is 24.2 Å². The van der Waals surface area contributed by atoms with E-state index in [1.54, 1.807) is 30.3 Å². The van der Waals surface area contributed by atoms with Crippen molar-refractivity contribution in [3.63, 3.8) is 0 Å². The van der Waals surface area contributed by atoms with Gasteiger partial charge in [-0.05, 0) is 6.42 Å². The van der Waals surface area contributed by atoms with Gasteiger partial charge >= 0.3 is 12.0 Å². The lowest BCUT2D eigenvalue weighted by molar-refractivity contribution is -0.153. The van der Waals surface area contributed by atoms with Gasteiger partial charge < -0.3 is 10.1 Å². The zero-order valence-electron chi connectivity index (χ0n) is 14.1. The summed E-state index contributed by atoms with van der Waals surface area (Å²) in [7, 11) is -1.66. The topological polar surface area (TPSA) is 119 Å². The van der Waals surface area contributed by atoms with E-state index in [0.29, 0.717) is 12.0 Å². The van der Waals surface area contributed by atoms with Crippen LogP contribution >= 0.6 is 11.8 Å². The third kappa shape index (κ3) is 6.03. The molecule has 1 saturated heterocycles. The molecule has 0 saturated carbocycles. The molecule has 142 valence electrons. The van der Waals surface area contributed by atoms with Crippen LogP contribution in [0.5, 0.6) is 0 Å². The molecule has 0 unspecified atom stereocenters. The third-order valence-corrected chi connectivity index (χ3v) is 6.94. The highest BCUT2D eigenvalue weighted by molar-refractivity contribution is 8.02. The molecule has 8 nitrogen and oxygen atoms in total. The molecular weight excluding hydrogens is 380 g/mol. The Balaban J connectivity index is 1.98. The van der Waals surface area contributed by atoms with Crippen molar-refractivity contribution in [1.82, 2.24) is 10.6 Å². The molecule has 10 heteroatoms. The maximum Gasteiger partial charge on any atom is 0.321 e. The number of amides is 3. The monoisotopic (exact) mass is 400 g/mol. The van der Waals surface area contributed by atoms with Crippen LogP contribution in [0.2, 0.25) is 0 Å². The number of rotatable bonds is 6. The van der Waals surface area contributed by atoms with Crippen LogP contribution in [0.1, 0.15) is 18.1 Å². The van der Waals surface area contributed by atoms with Gasteiger partial charge in [0.25, 0.3) is 5.91 Å². The van der Waals surface area contributed by atoms with Crippen LogP contribution in [0.25, 0.3) is 0 Å². The number of ether oxygens (including phenoxy) is 1. The fourth-order valence-corrected chi connectivity index (χ4v) is 5.81. The van der Waals surface area contributed by atoms with E-state index in [0.717, 1.165) is 0 Å². The number of sulfone groups is 1. The molecule has 1 heterocycles. The molecule has 0 bridgehead atoms. The number of urea groups is 1. The summed E-state index contributed by atoms with van der Waals surface area (Å²) in [6.07, 6.45) is -0.770. The van der Waals surface area contributed by atoms with Crippen molar-refractivity contribution in [3.05, 3.63) is 35.9 Å². The number of hydrogen-bond donors (Lipinski definition) is 2. The molecule has 0 radical (unpaired) electrons. The minimum atomic E-state index is -3.02. The number of benzene rings is 1. The fourth-order valence-electron chi connectivity index (χ4n) is 2.38. The second-order valence-electron chi connectivity index (χ2n) is 5.69. The molecule has 2 N–H and O–H groups in total. The van der Waals surface area contributed by atoms with Crippen molar-refractivity contribution in [2.45, 2.75) is 17.8 Å². The van der Waals surface area contributed by atoms with Crippen LogP contribution < -0.4 is 10.6 Å². The molecule has 1 aromatic rings. The fraction of sp³-hybridized carbons (Fsp3) is 0.438. The molecule has 3 amide bonds. The smallest absolute Gasteiger partial charge is 0.321 e. The zero-order valence-corrected chi connectivity index (χ0v) is 15.8. The summed E-state index contributed by atoms with van der Waals surface area (Å²) in [6.45, 7) is 0. The van der Waals surface area contributed by atoms with Gasteiger partial charge in [0.15, 0.2) is 9.84 Å². The number of carbonyl (C=O) groups is 3. The van der Waals surface area contributed by atoms with Crippen LogP contribution in [0.3, 0.4) is 0 Å². The van der Waals surface area contributed by atoms with Gasteiger partial charge in [-0.1, -0.05) is 30.3 Å². The average molecular weight is 400 g/mol. The number of nitrogens with one attached hydrogen (secondary N) is 2. The summed E-state index contributed by atoms with van der Waals surface area (Å²) in [4.78, 5) is 35.8. The summed E-state index contributed by atoms with van der Waals surface area (Å²) in [5, 5.41) is 4.19. The van der Waals surface area contributed by atoms with Crippen molar-refractivity contribution in [3.8, 4) is 0 Å². The molecule has 1 fully saturated rings. The number of hydrogen-bond acceptors (Lipinski definition) is 7. The molecule has 1 aliphatic heterocycles. The van der Waals surface area contributed by atoms with E-state index >= 15 is 0 Å². The van der Waals surface area contributed by atoms with E-state index in [2.05, 4.69) is 10.6 Å². The zero-order chi connectivity index (χ0) is 19.2. The van der Waals surface area contributed by atoms with E-state index in [1.807, 2.05) is 0 Å². The van der Waals surface area contributed by atoms with Crippen molar-refractivity contribution < 1.29 is 27.5 Å². The highest BCUT2D eigenvalue weighted by atomic mass is 32.2. The summed E-state index contributed by atoms with van der Waals surface area (Å²) < 4.78 is 28.2. The first-order chi connectivity index (χ1) is 12.3. The normalized spacial score (nSPS) is 19.3. The highest BCUT2D eigenvalue weighted by Crippen LogP contribution is 2.25.